The standard InChI is InChI=1S/C20H22FNO2/c1-24-14-16-6-3-2-5-15(16)13-22-19(23)20(11-4-12-20)17-7-9-18(21)10-8-17/h2-3,5-10H,4,11-14H2,1H3,(H,22,23). The van der Waals surface area contributed by atoms with Crippen LogP contribution in [0.25, 0.3) is 0 Å². The monoisotopic (exact) mass is 327 g/mol. The van der Waals surface area contributed by atoms with E-state index in [-0.39, 0.29) is 11.7 Å². The molecule has 24 heavy (non-hydrogen) atoms. The highest BCUT2D eigenvalue weighted by molar-refractivity contribution is 5.89. The lowest BCUT2D eigenvalue weighted by Crippen LogP contribution is -2.49. The average molecular weight is 327 g/mol. The molecule has 0 atom stereocenters. The van der Waals surface area contributed by atoms with Crippen LogP contribution >= 0.6 is 0 Å². The Labute approximate surface area is 141 Å². The molecule has 1 fully saturated rings. The van der Waals surface area contributed by atoms with Gasteiger partial charge in [-0.3, -0.25) is 4.79 Å². The van der Waals surface area contributed by atoms with Crippen LogP contribution in [-0.4, -0.2) is 13.0 Å². The fourth-order valence-electron chi connectivity index (χ4n) is 3.32. The molecule has 1 aliphatic carbocycles. The number of carbonyl (C=O) groups excluding carboxylic acids is 1. The average Bonchev–Trinajstić information content (AvgIpc) is 2.55. The van der Waals surface area contributed by atoms with Crippen molar-refractivity contribution in [3.8, 4) is 0 Å². The van der Waals surface area contributed by atoms with Gasteiger partial charge in [0.05, 0.1) is 12.0 Å². The molecule has 0 saturated heterocycles. The Morgan fingerprint density at radius 2 is 1.79 bits per heavy atom. The molecule has 2 aromatic carbocycles. The third kappa shape index (κ3) is 3.20. The Morgan fingerprint density at radius 3 is 2.38 bits per heavy atom. The van der Waals surface area contributed by atoms with Gasteiger partial charge in [-0.25, -0.2) is 4.39 Å². The summed E-state index contributed by atoms with van der Waals surface area (Å²) in [5.41, 5.74) is 2.52. The van der Waals surface area contributed by atoms with E-state index in [2.05, 4.69) is 5.32 Å². The molecule has 0 spiro atoms. The number of methoxy groups -OCH3 is 1. The maximum Gasteiger partial charge on any atom is 0.230 e. The zero-order valence-corrected chi connectivity index (χ0v) is 13.8. The summed E-state index contributed by atoms with van der Waals surface area (Å²) in [6.07, 6.45) is 2.64. The number of carbonyl (C=O) groups is 1. The van der Waals surface area contributed by atoms with Gasteiger partial charge in [0.2, 0.25) is 5.91 Å². The molecular formula is C20H22FNO2. The molecule has 2 aromatic rings. The number of ether oxygens (including phenoxy) is 1. The van der Waals surface area contributed by atoms with Crippen LogP contribution in [-0.2, 0) is 28.1 Å². The van der Waals surface area contributed by atoms with Crippen molar-refractivity contribution in [2.24, 2.45) is 0 Å². The van der Waals surface area contributed by atoms with Gasteiger partial charge in [0.25, 0.3) is 0 Å². The van der Waals surface area contributed by atoms with Gasteiger partial charge >= 0.3 is 0 Å². The second kappa shape index (κ2) is 7.14. The van der Waals surface area contributed by atoms with E-state index in [0.29, 0.717) is 13.2 Å². The van der Waals surface area contributed by atoms with Crippen molar-refractivity contribution in [2.45, 2.75) is 37.8 Å². The maximum atomic E-state index is 13.2. The van der Waals surface area contributed by atoms with Crippen molar-refractivity contribution >= 4 is 5.91 Å². The van der Waals surface area contributed by atoms with E-state index in [1.54, 1.807) is 19.2 Å². The third-order valence-corrected chi connectivity index (χ3v) is 4.90. The molecule has 1 saturated carbocycles. The van der Waals surface area contributed by atoms with Gasteiger partial charge in [-0.2, -0.15) is 0 Å². The molecule has 0 unspecified atom stereocenters. The van der Waals surface area contributed by atoms with Gasteiger partial charge in [0, 0.05) is 13.7 Å². The molecule has 3 nitrogen and oxygen atoms in total. The van der Waals surface area contributed by atoms with E-state index >= 15 is 0 Å². The molecule has 1 N–H and O–H groups in total. The summed E-state index contributed by atoms with van der Waals surface area (Å²) in [5.74, 6) is -0.255. The normalized spacial score (nSPS) is 15.6. The number of rotatable bonds is 6. The predicted octanol–water partition coefficient (Wildman–Crippen LogP) is 3.71. The molecule has 4 heteroatoms. The summed E-state index contributed by atoms with van der Waals surface area (Å²) in [5, 5.41) is 3.07. The van der Waals surface area contributed by atoms with Crippen molar-refractivity contribution in [2.75, 3.05) is 7.11 Å². The number of hydrogen-bond donors (Lipinski definition) is 1. The van der Waals surface area contributed by atoms with Crippen molar-refractivity contribution in [3.05, 3.63) is 71.0 Å². The largest absolute Gasteiger partial charge is 0.380 e. The number of hydrogen-bond acceptors (Lipinski definition) is 2. The predicted molar refractivity (Wildman–Crippen MR) is 90.9 cm³/mol. The zero-order chi connectivity index (χ0) is 17.0. The molecule has 126 valence electrons. The number of halogens is 1. The third-order valence-electron chi connectivity index (χ3n) is 4.90. The first-order chi connectivity index (χ1) is 11.7. The van der Waals surface area contributed by atoms with Crippen LogP contribution in [0.2, 0.25) is 0 Å². The number of benzene rings is 2. The molecule has 0 heterocycles. The van der Waals surface area contributed by atoms with E-state index < -0.39 is 5.41 Å². The molecule has 0 bridgehead atoms. The quantitative estimate of drug-likeness (QED) is 0.878. The van der Waals surface area contributed by atoms with Crippen molar-refractivity contribution in [1.29, 1.82) is 0 Å². The second-order valence-corrected chi connectivity index (χ2v) is 6.33. The van der Waals surface area contributed by atoms with Crippen molar-refractivity contribution < 1.29 is 13.9 Å². The molecule has 1 amide bonds. The molecular weight excluding hydrogens is 305 g/mol. The van der Waals surface area contributed by atoms with Crippen molar-refractivity contribution in [3.63, 3.8) is 0 Å². The van der Waals surface area contributed by atoms with E-state index in [1.165, 1.54) is 12.1 Å². The molecule has 1 aliphatic rings. The summed E-state index contributed by atoms with van der Waals surface area (Å²) < 4.78 is 18.4. The minimum Gasteiger partial charge on any atom is -0.380 e. The summed E-state index contributed by atoms with van der Waals surface area (Å²) in [7, 11) is 1.66. The highest BCUT2D eigenvalue weighted by Gasteiger charge is 2.45. The summed E-state index contributed by atoms with van der Waals surface area (Å²) in [6, 6.07) is 14.2. The van der Waals surface area contributed by atoms with Gasteiger partial charge in [0.15, 0.2) is 0 Å². The topological polar surface area (TPSA) is 38.3 Å². The Hall–Kier alpha value is -2.20. The Morgan fingerprint density at radius 1 is 1.12 bits per heavy atom. The van der Waals surface area contributed by atoms with E-state index in [4.69, 9.17) is 4.74 Å². The first-order valence-corrected chi connectivity index (χ1v) is 8.26. The van der Waals surface area contributed by atoms with Crippen LogP contribution in [0.5, 0.6) is 0 Å². The Kier molecular flexibility index (Phi) is 4.95. The Bertz CT molecular complexity index is 708. The van der Waals surface area contributed by atoms with E-state index in [0.717, 1.165) is 36.0 Å². The first kappa shape index (κ1) is 16.7. The van der Waals surface area contributed by atoms with Crippen LogP contribution in [0.1, 0.15) is 36.0 Å². The minimum atomic E-state index is -0.510. The number of nitrogens with one attached hydrogen (secondary N) is 1. The summed E-state index contributed by atoms with van der Waals surface area (Å²) in [4.78, 5) is 12.8. The van der Waals surface area contributed by atoms with Gasteiger partial charge < -0.3 is 10.1 Å². The van der Waals surface area contributed by atoms with E-state index in [9.17, 15) is 9.18 Å². The smallest absolute Gasteiger partial charge is 0.230 e. The fourth-order valence-corrected chi connectivity index (χ4v) is 3.32. The summed E-state index contributed by atoms with van der Waals surface area (Å²) >= 11 is 0. The van der Waals surface area contributed by atoms with E-state index in [1.807, 2.05) is 24.3 Å². The second-order valence-electron chi connectivity index (χ2n) is 6.33. The lowest BCUT2D eigenvalue weighted by molar-refractivity contribution is -0.130. The van der Waals surface area contributed by atoms with Gasteiger partial charge in [0.1, 0.15) is 5.82 Å². The van der Waals surface area contributed by atoms with Gasteiger partial charge in [-0.15, -0.1) is 0 Å². The molecule has 0 aromatic heterocycles. The molecule has 0 radical (unpaired) electrons. The zero-order valence-electron chi connectivity index (χ0n) is 13.8. The highest BCUT2D eigenvalue weighted by Crippen LogP contribution is 2.44. The molecule has 0 aliphatic heterocycles. The SMILES string of the molecule is COCc1ccccc1CNC(=O)C1(c2ccc(F)cc2)CCC1. The maximum absolute atomic E-state index is 13.2. The first-order valence-electron chi connectivity index (χ1n) is 8.26. The van der Waals surface area contributed by atoms with Gasteiger partial charge in [-0.05, 0) is 41.7 Å². The van der Waals surface area contributed by atoms with Crippen LogP contribution in [0.3, 0.4) is 0 Å². The highest BCUT2D eigenvalue weighted by atomic mass is 19.1. The van der Waals surface area contributed by atoms with Crippen LogP contribution in [0, 0.1) is 5.82 Å². The Balaban J connectivity index is 1.73. The molecule has 3 rings (SSSR count). The fraction of sp³-hybridized carbons (Fsp3) is 0.350. The number of amides is 1. The van der Waals surface area contributed by atoms with Crippen LogP contribution in [0.15, 0.2) is 48.5 Å². The lowest BCUT2D eigenvalue weighted by Gasteiger charge is -2.40. The van der Waals surface area contributed by atoms with Gasteiger partial charge in [-0.1, -0.05) is 42.8 Å². The lowest BCUT2D eigenvalue weighted by atomic mass is 9.64. The van der Waals surface area contributed by atoms with Crippen LogP contribution < -0.4 is 5.32 Å². The summed E-state index contributed by atoms with van der Waals surface area (Å²) in [6.45, 7) is 0.996. The van der Waals surface area contributed by atoms with Crippen LogP contribution in [0.4, 0.5) is 4.39 Å². The minimum absolute atomic E-state index is 0.0209. The van der Waals surface area contributed by atoms with Crippen molar-refractivity contribution in [1.82, 2.24) is 5.32 Å².